The van der Waals surface area contributed by atoms with Crippen LogP contribution in [0.5, 0.6) is 0 Å². The van der Waals surface area contributed by atoms with Gasteiger partial charge in [-0.1, -0.05) is 23.7 Å². The van der Waals surface area contributed by atoms with Crippen LogP contribution < -0.4 is 0 Å². The highest BCUT2D eigenvalue weighted by atomic mass is 35.5. The SMILES string of the molecule is O=C(Cc1cccc(Cl)c1)N1CCCC(CCl)C1. The summed E-state index contributed by atoms with van der Waals surface area (Å²) >= 11 is 11.8. The van der Waals surface area contributed by atoms with Crippen molar-refractivity contribution >= 4 is 29.1 Å². The molecular weight excluding hydrogens is 269 g/mol. The molecule has 18 heavy (non-hydrogen) atoms. The van der Waals surface area contributed by atoms with Crippen molar-refractivity contribution in [2.24, 2.45) is 5.92 Å². The van der Waals surface area contributed by atoms with Gasteiger partial charge in [-0.15, -0.1) is 11.6 Å². The van der Waals surface area contributed by atoms with E-state index < -0.39 is 0 Å². The standard InChI is InChI=1S/C14H17Cl2NO/c15-9-12-4-2-6-17(10-12)14(18)8-11-3-1-5-13(16)7-11/h1,3,5,7,12H,2,4,6,8-10H2. The Morgan fingerprint density at radius 2 is 2.28 bits per heavy atom. The number of nitrogens with zero attached hydrogens (tertiary/aromatic N) is 1. The minimum Gasteiger partial charge on any atom is -0.342 e. The summed E-state index contributed by atoms with van der Waals surface area (Å²) in [6.45, 7) is 1.65. The molecule has 0 aliphatic carbocycles. The zero-order valence-electron chi connectivity index (χ0n) is 10.2. The fourth-order valence-corrected chi connectivity index (χ4v) is 2.82. The fourth-order valence-electron chi connectivity index (χ4n) is 2.35. The lowest BCUT2D eigenvalue weighted by molar-refractivity contribution is -0.132. The van der Waals surface area contributed by atoms with E-state index in [0.29, 0.717) is 23.2 Å². The van der Waals surface area contributed by atoms with E-state index in [1.165, 1.54) is 0 Å². The molecule has 0 radical (unpaired) electrons. The van der Waals surface area contributed by atoms with Crippen LogP contribution in [0.15, 0.2) is 24.3 Å². The molecule has 0 aromatic heterocycles. The van der Waals surface area contributed by atoms with E-state index >= 15 is 0 Å². The molecule has 0 N–H and O–H groups in total. The lowest BCUT2D eigenvalue weighted by Gasteiger charge is -2.32. The summed E-state index contributed by atoms with van der Waals surface area (Å²) in [6, 6.07) is 7.48. The van der Waals surface area contributed by atoms with Crippen molar-refractivity contribution in [2.45, 2.75) is 19.3 Å². The van der Waals surface area contributed by atoms with E-state index in [2.05, 4.69) is 0 Å². The summed E-state index contributed by atoms with van der Waals surface area (Å²) in [4.78, 5) is 14.1. The second-order valence-corrected chi connectivity index (χ2v) is 5.55. The fraction of sp³-hybridized carbons (Fsp3) is 0.500. The first-order valence-corrected chi connectivity index (χ1v) is 7.18. The largest absolute Gasteiger partial charge is 0.342 e. The third-order valence-electron chi connectivity index (χ3n) is 3.33. The average Bonchev–Trinajstić information content (AvgIpc) is 2.39. The number of alkyl halides is 1. The molecule has 4 heteroatoms. The zero-order chi connectivity index (χ0) is 13.0. The maximum Gasteiger partial charge on any atom is 0.227 e. The molecule has 1 unspecified atom stereocenters. The molecule has 1 aromatic carbocycles. The Hall–Kier alpha value is -0.730. The Morgan fingerprint density at radius 1 is 1.44 bits per heavy atom. The van der Waals surface area contributed by atoms with Crippen LogP contribution in [-0.4, -0.2) is 29.8 Å². The van der Waals surface area contributed by atoms with E-state index in [9.17, 15) is 4.79 Å². The number of piperidine rings is 1. The first-order chi connectivity index (χ1) is 8.69. The second-order valence-electron chi connectivity index (χ2n) is 4.81. The van der Waals surface area contributed by atoms with Gasteiger partial charge in [-0.3, -0.25) is 4.79 Å². The highest BCUT2D eigenvalue weighted by Gasteiger charge is 2.22. The molecule has 0 bridgehead atoms. The summed E-state index contributed by atoms with van der Waals surface area (Å²) in [6.07, 6.45) is 2.61. The van der Waals surface area contributed by atoms with Crippen LogP contribution in [0, 0.1) is 5.92 Å². The van der Waals surface area contributed by atoms with Gasteiger partial charge in [0.25, 0.3) is 0 Å². The van der Waals surface area contributed by atoms with Crippen LogP contribution in [0.4, 0.5) is 0 Å². The molecule has 1 aliphatic heterocycles. The van der Waals surface area contributed by atoms with Crippen molar-refractivity contribution in [1.29, 1.82) is 0 Å². The van der Waals surface area contributed by atoms with Gasteiger partial charge < -0.3 is 4.90 Å². The third-order valence-corrected chi connectivity index (χ3v) is 4.01. The summed E-state index contributed by atoms with van der Waals surface area (Å²) in [7, 11) is 0. The van der Waals surface area contributed by atoms with Gasteiger partial charge >= 0.3 is 0 Å². The molecule has 1 amide bonds. The molecule has 1 fully saturated rings. The van der Waals surface area contributed by atoms with Gasteiger partial charge in [-0.05, 0) is 36.5 Å². The highest BCUT2D eigenvalue weighted by molar-refractivity contribution is 6.30. The van der Waals surface area contributed by atoms with Gasteiger partial charge in [0.05, 0.1) is 6.42 Å². The van der Waals surface area contributed by atoms with E-state index in [4.69, 9.17) is 23.2 Å². The van der Waals surface area contributed by atoms with Crippen molar-refractivity contribution in [3.8, 4) is 0 Å². The first kappa shape index (κ1) is 13.7. The molecule has 2 rings (SSSR count). The minimum absolute atomic E-state index is 0.173. The predicted octanol–water partition coefficient (Wildman–Crippen LogP) is 3.36. The molecule has 0 spiro atoms. The van der Waals surface area contributed by atoms with Gasteiger partial charge in [0.1, 0.15) is 0 Å². The maximum absolute atomic E-state index is 12.2. The molecule has 2 nitrogen and oxygen atoms in total. The van der Waals surface area contributed by atoms with Crippen molar-refractivity contribution in [3.05, 3.63) is 34.9 Å². The summed E-state index contributed by atoms with van der Waals surface area (Å²) < 4.78 is 0. The monoisotopic (exact) mass is 285 g/mol. The quantitative estimate of drug-likeness (QED) is 0.780. The van der Waals surface area contributed by atoms with Crippen molar-refractivity contribution < 1.29 is 4.79 Å². The van der Waals surface area contributed by atoms with Gasteiger partial charge in [0, 0.05) is 24.0 Å². The number of hydrogen-bond donors (Lipinski definition) is 0. The number of halogens is 2. The van der Waals surface area contributed by atoms with Crippen molar-refractivity contribution in [1.82, 2.24) is 4.90 Å². The summed E-state index contributed by atoms with van der Waals surface area (Å²) in [5.74, 6) is 1.26. The number of amides is 1. The Bertz CT molecular complexity index is 422. The average molecular weight is 286 g/mol. The number of carbonyl (C=O) groups is 1. The lowest BCUT2D eigenvalue weighted by Crippen LogP contribution is -2.41. The van der Waals surface area contributed by atoms with Crippen LogP contribution in [0.1, 0.15) is 18.4 Å². The van der Waals surface area contributed by atoms with Crippen LogP contribution in [-0.2, 0) is 11.2 Å². The minimum atomic E-state index is 0.173. The van der Waals surface area contributed by atoms with Crippen LogP contribution in [0.2, 0.25) is 5.02 Å². The van der Waals surface area contributed by atoms with Gasteiger partial charge in [-0.2, -0.15) is 0 Å². The number of rotatable bonds is 3. The number of carbonyl (C=O) groups excluding carboxylic acids is 1. The molecular formula is C14H17Cl2NO. The summed E-state index contributed by atoms with van der Waals surface area (Å²) in [5, 5.41) is 0.678. The van der Waals surface area contributed by atoms with E-state index in [-0.39, 0.29) is 5.91 Å². The lowest BCUT2D eigenvalue weighted by atomic mass is 9.99. The van der Waals surface area contributed by atoms with Crippen molar-refractivity contribution in [3.63, 3.8) is 0 Å². The molecule has 1 aromatic rings. The normalized spacial score (nSPS) is 19.9. The first-order valence-electron chi connectivity index (χ1n) is 6.27. The Labute approximate surface area is 118 Å². The van der Waals surface area contributed by atoms with Crippen LogP contribution >= 0.6 is 23.2 Å². The Morgan fingerprint density at radius 3 is 3.00 bits per heavy atom. The number of likely N-dealkylation sites (tertiary alicyclic amines) is 1. The molecule has 98 valence electrons. The predicted molar refractivity (Wildman–Crippen MR) is 75.2 cm³/mol. The highest BCUT2D eigenvalue weighted by Crippen LogP contribution is 2.19. The van der Waals surface area contributed by atoms with Gasteiger partial charge in [0.15, 0.2) is 0 Å². The molecule has 0 saturated carbocycles. The zero-order valence-corrected chi connectivity index (χ0v) is 11.8. The molecule has 1 saturated heterocycles. The topological polar surface area (TPSA) is 20.3 Å². The van der Waals surface area contributed by atoms with Gasteiger partial charge in [-0.25, -0.2) is 0 Å². The molecule has 1 heterocycles. The van der Waals surface area contributed by atoms with Crippen LogP contribution in [0.3, 0.4) is 0 Å². The maximum atomic E-state index is 12.2. The smallest absolute Gasteiger partial charge is 0.227 e. The summed E-state index contributed by atoms with van der Waals surface area (Å²) in [5.41, 5.74) is 0.973. The van der Waals surface area contributed by atoms with Crippen LogP contribution in [0.25, 0.3) is 0 Å². The number of hydrogen-bond acceptors (Lipinski definition) is 1. The van der Waals surface area contributed by atoms with E-state index in [1.54, 1.807) is 0 Å². The van der Waals surface area contributed by atoms with E-state index in [0.717, 1.165) is 31.5 Å². The van der Waals surface area contributed by atoms with E-state index in [1.807, 2.05) is 29.2 Å². The van der Waals surface area contributed by atoms with Gasteiger partial charge in [0.2, 0.25) is 5.91 Å². The van der Waals surface area contributed by atoms with Crippen molar-refractivity contribution in [2.75, 3.05) is 19.0 Å². The molecule has 1 atom stereocenters. The number of benzene rings is 1. The Balaban J connectivity index is 1.95. The Kier molecular flexibility index (Phi) is 4.90. The second kappa shape index (κ2) is 6.44. The molecule has 1 aliphatic rings. The third kappa shape index (κ3) is 3.63.